The lowest BCUT2D eigenvalue weighted by atomic mass is 10.0. The maximum atomic E-state index is 10.9. The van der Waals surface area contributed by atoms with Crippen molar-refractivity contribution >= 4 is 0 Å². The van der Waals surface area contributed by atoms with Crippen LogP contribution in [-0.2, 0) is 12.8 Å². The zero-order valence-electron chi connectivity index (χ0n) is 25.3. The Morgan fingerprint density at radius 1 is 0.475 bits per heavy atom. The second-order valence-corrected chi connectivity index (χ2v) is 12.2. The van der Waals surface area contributed by atoms with E-state index < -0.39 is 12.5 Å². The molecule has 0 bridgehead atoms. The summed E-state index contributed by atoms with van der Waals surface area (Å²) < 4.78 is 1.01. The molecule has 2 rings (SSSR count). The lowest BCUT2D eigenvalue weighted by Gasteiger charge is -2.38. The average molecular weight is 559 g/mol. The SMILES string of the molecule is C[N+](CCO)(CCCCCCCCCCCC[N+](C)(CCO)C(O)Cc1ccccc1)C(O)Cc1ccccc1. The van der Waals surface area contributed by atoms with Gasteiger partial charge in [-0.3, -0.25) is 8.97 Å². The molecule has 0 aliphatic rings. The lowest BCUT2D eigenvalue weighted by Crippen LogP contribution is -2.55. The fourth-order valence-corrected chi connectivity index (χ4v) is 5.73. The number of likely N-dealkylation sites (N-methyl/N-ethyl adjacent to an activating group) is 2. The predicted molar refractivity (Wildman–Crippen MR) is 164 cm³/mol. The molecule has 4 unspecified atom stereocenters. The van der Waals surface area contributed by atoms with Gasteiger partial charge in [-0.05, 0) is 36.8 Å². The van der Waals surface area contributed by atoms with Crippen molar-refractivity contribution in [3.05, 3.63) is 71.8 Å². The van der Waals surface area contributed by atoms with E-state index in [1.807, 2.05) is 36.4 Å². The number of nitrogens with zero attached hydrogens (tertiary/aromatic N) is 2. The van der Waals surface area contributed by atoms with Gasteiger partial charge in [-0.1, -0.05) is 99.2 Å². The van der Waals surface area contributed by atoms with Crippen LogP contribution in [0.5, 0.6) is 0 Å². The second-order valence-electron chi connectivity index (χ2n) is 12.2. The minimum Gasteiger partial charge on any atom is -0.391 e. The molecule has 6 nitrogen and oxygen atoms in total. The number of benzene rings is 2. The topological polar surface area (TPSA) is 80.9 Å². The first-order valence-corrected chi connectivity index (χ1v) is 15.7. The van der Waals surface area contributed by atoms with Crippen molar-refractivity contribution in [1.82, 2.24) is 0 Å². The normalized spacial score (nSPS) is 16.2. The van der Waals surface area contributed by atoms with Crippen molar-refractivity contribution in [1.29, 1.82) is 0 Å². The number of rotatable bonds is 23. The molecule has 0 aliphatic heterocycles. The average Bonchev–Trinajstić information content (AvgIpc) is 2.95. The number of quaternary nitrogens is 2. The fraction of sp³-hybridized carbons (Fsp3) is 0.647. The molecule has 6 heteroatoms. The molecule has 0 spiro atoms. The third-order valence-corrected chi connectivity index (χ3v) is 8.77. The summed E-state index contributed by atoms with van der Waals surface area (Å²) in [6.45, 7) is 3.13. The molecular formula is C34H58N2O4+2. The third-order valence-electron chi connectivity index (χ3n) is 8.77. The molecule has 40 heavy (non-hydrogen) atoms. The number of unbranched alkanes of at least 4 members (excludes halogenated alkanes) is 9. The molecule has 2 aromatic rings. The van der Waals surface area contributed by atoms with E-state index in [1.54, 1.807) is 0 Å². The van der Waals surface area contributed by atoms with Gasteiger partial charge in [0.2, 0.25) is 0 Å². The molecule has 4 N–H and O–H groups in total. The molecule has 0 saturated heterocycles. The van der Waals surface area contributed by atoms with Gasteiger partial charge in [0, 0.05) is 0 Å². The molecule has 226 valence electrons. The first-order chi connectivity index (χ1) is 19.3. The molecule has 0 radical (unpaired) electrons. The van der Waals surface area contributed by atoms with Gasteiger partial charge in [-0.2, -0.15) is 0 Å². The molecule has 0 aliphatic carbocycles. The Labute approximate surface area is 244 Å². The molecule has 0 aromatic heterocycles. The minimum absolute atomic E-state index is 0.0936. The van der Waals surface area contributed by atoms with Crippen LogP contribution < -0.4 is 0 Å². The summed E-state index contributed by atoms with van der Waals surface area (Å²) >= 11 is 0. The standard InChI is InChI=1S/C34H58N2O4/c1-35(25-27-37,33(39)29-31-19-13-11-14-20-31)23-17-9-7-5-3-4-6-8-10-18-24-36(2,26-28-38)34(40)30-32-21-15-12-16-22-32/h11-16,19-22,33-34,37-40H,3-10,17-18,23-30H2,1-2H3/q+2. The van der Waals surface area contributed by atoms with E-state index in [0.717, 1.165) is 37.1 Å². The van der Waals surface area contributed by atoms with Gasteiger partial charge in [-0.25, -0.2) is 0 Å². The number of aliphatic hydroxyl groups is 4. The van der Waals surface area contributed by atoms with E-state index in [9.17, 15) is 20.4 Å². The van der Waals surface area contributed by atoms with E-state index >= 15 is 0 Å². The summed E-state index contributed by atoms with van der Waals surface area (Å²) in [5.74, 6) is 0. The minimum atomic E-state index is -0.498. The monoisotopic (exact) mass is 558 g/mol. The van der Waals surface area contributed by atoms with E-state index in [0.29, 0.717) is 34.9 Å². The van der Waals surface area contributed by atoms with Gasteiger partial charge in [0.1, 0.15) is 13.1 Å². The van der Waals surface area contributed by atoms with E-state index in [2.05, 4.69) is 38.4 Å². The maximum absolute atomic E-state index is 10.9. The highest BCUT2D eigenvalue weighted by atomic mass is 16.3. The largest absolute Gasteiger partial charge is 0.391 e. The smallest absolute Gasteiger partial charge is 0.194 e. The van der Waals surface area contributed by atoms with Crippen LogP contribution in [0.1, 0.15) is 75.3 Å². The molecular weight excluding hydrogens is 500 g/mol. The van der Waals surface area contributed by atoms with E-state index in [4.69, 9.17) is 0 Å². The third kappa shape index (κ3) is 12.8. The molecule has 0 heterocycles. The van der Waals surface area contributed by atoms with Gasteiger partial charge >= 0.3 is 0 Å². The Balaban J connectivity index is 1.55. The maximum Gasteiger partial charge on any atom is 0.194 e. The van der Waals surface area contributed by atoms with Crippen molar-refractivity contribution in [2.75, 3.05) is 53.5 Å². The van der Waals surface area contributed by atoms with Crippen LogP contribution in [0.2, 0.25) is 0 Å². The Morgan fingerprint density at radius 2 is 0.775 bits per heavy atom. The van der Waals surface area contributed by atoms with Crippen molar-refractivity contribution < 1.29 is 29.4 Å². The molecule has 0 fully saturated rings. The summed E-state index contributed by atoms with van der Waals surface area (Å²) in [6, 6.07) is 20.2. The van der Waals surface area contributed by atoms with Crippen LogP contribution >= 0.6 is 0 Å². The highest BCUT2D eigenvalue weighted by Gasteiger charge is 2.31. The van der Waals surface area contributed by atoms with Crippen LogP contribution in [0.3, 0.4) is 0 Å². The van der Waals surface area contributed by atoms with Gasteiger partial charge in [0.25, 0.3) is 0 Å². The van der Waals surface area contributed by atoms with Crippen molar-refractivity contribution in [2.24, 2.45) is 0 Å². The molecule has 0 saturated carbocycles. The van der Waals surface area contributed by atoms with Crippen LogP contribution in [0.25, 0.3) is 0 Å². The Morgan fingerprint density at radius 3 is 1.07 bits per heavy atom. The predicted octanol–water partition coefficient (Wildman–Crippen LogP) is 4.89. The van der Waals surface area contributed by atoms with Gasteiger partial charge < -0.3 is 20.4 Å². The van der Waals surface area contributed by atoms with Gasteiger partial charge in [-0.15, -0.1) is 0 Å². The first-order valence-electron chi connectivity index (χ1n) is 15.7. The highest BCUT2D eigenvalue weighted by Crippen LogP contribution is 2.19. The number of aliphatic hydroxyl groups excluding tert-OH is 4. The van der Waals surface area contributed by atoms with Crippen LogP contribution in [-0.4, -0.2) is 95.3 Å². The van der Waals surface area contributed by atoms with Crippen LogP contribution in [0, 0.1) is 0 Å². The Kier molecular flexibility index (Phi) is 16.6. The molecule has 4 atom stereocenters. The summed E-state index contributed by atoms with van der Waals surface area (Å²) in [6.07, 6.45) is 12.2. The Bertz CT molecular complexity index is 811. The zero-order chi connectivity index (χ0) is 29.1. The zero-order valence-corrected chi connectivity index (χ0v) is 25.3. The van der Waals surface area contributed by atoms with Crippen molar-refractivity contribution in [3.63, 3.8) is 0 Å². The summed E-state index contributed by atoms with van der Waals surface area (Å²) in [5, 5.41) is 41.0. The number of hydrogen-bond acceptors (Lipinski definition) is 4. The number of hydrogen-bond donors (Lipinski definition) is 4. The van der Waals surface area contributed by atoms with Gasteiger partial charge in [0.05, 0.1) is 53.2 Å². The quantitative estimate of drug-likeness (QED) is 0.0890. The molecule has 0 amide bonds. The van der Waals surface area contributed by atoms with E-state index in [-0.39, 0.29) is 13.2 Å². The summed E-state index contributed by atoms with van der Waals surface area (Å²) in [7, 11) is 4.14. The summed E-state index contributed by atoms with van der Waals surface area (Å²) in [5.41, 5.74) is 2.27. The van der Waals surface area contributed by atoms with Crippen molar-refractivity contribution in [3.8, 4) is 0 Å². The fourth-order valence-electron chi connectivity index (χ4n) is 5.73. The van der Waals surface area contributed by atoms with Crippen LogP contribution in [0.4, 0.5) is 0 Å². The summed E-state index contributed by atoms with van der Waals surface area (Å²) in [4.78, 5) is 0. The lowest BCUT2D eigenvalue weighted by molar-refractivity contribution is -0.954. The van der Waals surface area contributed by atoms with Crippen molar-refractivity contribution in [2.45, 2.75) is 89.5 Å². The van der Waals surface area contributed by atoms with Gasteiger partial charge in [0.15, 0.2) is 12.5 Å². The highest BCUT2D eigenvalue weighted by molar-refractivity contribution is 5.15. The van der Waals surface area contributed by atoms with Crippen LogP contribution in [0.15, 0.2) is 60.7 Å². The second kappa shape index (κ2) is 19.3. The first kappa shape index (κ1) is 34.4. The molecule has 2 aromatic carbocycles. The van der Waals surface area contributed by atoms with E-state index in [1.165, 1.54) is 51.4 Å². The Hall–Kier alpha value is -1.80.